The van der Waals surface area contributed by atoms with E-state index in [1.165, 1.54) is 11.3 Å². The molecule has 0 aromatic carbocycles. The molecule has 0 spiro atoms. The van der Waals surface area contributed by atoms with Gasteiger partial charge in [-0.2, -0.15) is 0 Å². The summed E-state index contributed by atoms with van der Waals surface area (Å²) < 4.78 is 5.07. The number of hydrogen-bond acceptors (Lipinski definition) is 5. The molecule has 0 aliphatic rings. The number of hydrogen-bond donors (Lipinski definition) is 1. The molecule has 1 aromatic rings. The van der Waals surface area contributed by atoms with E-state index in [2.05, 4.69) is 5.32 Å². The summed E-state index contributed by atoms with van der Waals surface area (Å²) in [5, 5.41) is 3.43. The first-order valence-corrected chi connectivity index (χ1v) is 8.05. The van der Waals surface area contributed by atoms with Crippen LogP contribution < -0.4 is 5.32 Å². The van der Waals surface area contributed by atoms with Crippen LogP contribution in [-0.4, -0.2) is 43.0 Å². The molecule has 0 saturated heterocycles. The predicted molar refractivity (Wildman–Crippen MR) is 86.2 cm³/mol. The Labute approximate surface area is 130 Å². The van der Waals surface area contributed by atoms with Crippen molar-refractivity contribution in [1.29, 1.82) is 0 Å². The number of likely N-dealkylation sites (N-methyl/N-ethyl adjacent to an activating group) is 1. The maximum atomic E-state index is 12.1. The van der Waals surface area contributed by atoms with Gasteiger partial charge >= 0.3 is 5.97 Å². The van der Waals surface area contributed by atoms with Crippen molar-refractivity contribution in [3.63, 3.8) is 0 Å². The largest absolute Gasteiger partial charge is 0.462 e. The van der Waals surface area contributed by atoms with E-state index in [9.17, 15) is 9.59 Å². The van der Waals surface area contributed by atoms with Crippen molar-refractivity contribution in [3.8, 4) is 0 Å². The van der Waals surface area contributed by atoms with Crippen LogP contribution in [-0.2, 0) is 9.53 Å². The smallest absolute Gasteiger partial charge is 0.341 e. The van der Waals surface area contributed by atoms with Gasteiger partial charge in [0.2, 0.25) is 5.91 Å². The Kier molecular flexibility index (Phi) is 6.84. The first kappa shape index (κ1) is 17.7. The van der Waals surface area contributed by atoms with Crippen LogP contribution in [0.3, 0.4) is 0 Å². The minimum atomic E-state index is -0.377. The monoisotopic (exact) mass is 312 g/mol. The molecule has 0 aliphatic heterocycles. The molecule has 1 heterocycles. The van der Waals surface area contributed by atoms with Gasteiger partial charge in [0.15, 0.2) is 0 Å². The van der Waals surface area contributed by atoms with Gasteiger partial charge in [-0.15, -0.1) is 11.3 Å². The van der Waals surface area contributed by atoms with Gasteiger partial charge in [-0.1, -0.05) is 13.8 Å². The van der Waals surface area contributed by atoms with Gasteiger partial charge in [-0.05, 0) is 39.4 Å². The summed E-state index contributed by atoms with van der Waals surface area (Å²) in [6, 6.07) is 0. The van der Waals surface area contributed by atoms with Gasteiger partial charge < -0.3 is 10.1 Å². The number of ether oxygens (including phenoxy) is 1. The van der Waals surface area contributed by atoms with Crippen molar-refractivity contribution >= 4 is 28.2 Å². The summed E-state index contributed by atoms with van der Waals surface area (Å²) in [6.45, 7) is 11.9. The molecule has 5 nitrogen and oxygen atoms in total. The lowest BCUT2D eigenvalue weighted by Crippen LogP contribution is -2.33. The lowest BCUT2D eigenvalue weighted by molar-refractivity contribution is -0.117. The maximum Gasteiger partial charge on any atom is 0.341 e. The van der Waals surface area contributed by atoms with Gasteiger partial charge in [-0.3, -0.25) is 9.69 Å². The standard InChI is InChI=1S/C15H24N2O3S/c1-6-17(7-2)9-12(18)16-14-13(15(19)20-8-3)10(4)11(5)21-14/h6-9H2,1-5H3,(H,16,18). The number of esters is 1. The Balaban J connectivity index is 2.90. The van der Waals surface area contributed by atoms with Crippen molar-refractivity contribution in [2.24, 2.45) is 0 Å². The normalized spacial score (nSPS) is 10.8. The van der Waals surface area contributed by atoms with Crippen molar-refractivity contribution in [1.82, 2.24) is 4.90 Å². The number of thiophene rings is 1. The first-order valence-electron chi connectivity index (χ1n) is 7.23. The van der Waals surface area contributed by atoms with E-state index in [4.69, 9.17) is 4.74 Å². The zero-order chi connectivity index (χ0) is 16.0. The van der Waals surface area contributed by atoms with E-state index < -0.39 is 0 Å². The van der Waals surface area contributed by atoms with Crippen LogP contribution in [0.25, 0.3) is 0 Å². The lowest BCUT2D eigenvalue weighted by Gasteiger charge is -2.17. The number of carbonyl (C=O) groups excluding carboxylic acids is 2. The van der Waals surface area contributed by atoms with Gasteiger partial charge in [-0.25, -0.2) is 4.79 Å². The third kappa shape index (κ3) is 4.54. The summed E-state index contributed by atoms with van der Waals surface area (Å²) in [7, 11) is 0. The fourth-order valence-electron chi connectivity index (χ4n) is 1.98. The van der Waals surface area contributed by atoms with E-state index in [0.717, 1.165) is 23.5 Å². The molecule has 1 aromatic heterocycles. The highest BCUT2D eigenvalue weighted by molar-refractivity contribution is 7.16. The molecule has 1 rings (SSSR count). The highest BCUT2D eigenvalue weighted by Crippen LogP contribution is 2.32. The molecule has 21 heavy (non-hydrogen) atoms. The summed E-state index contributed by atoms with van der Waals surface area (Å²) in [5.74, 6) is -0.483. The topological polar surface area (TPSA) is 58.6 Å². The van der Waals surface area contributed by atoms with Crippen LogP contribution in [0, 0.1) is 13.8 Å². The van der Waals surface area contributed by atoms with Crippen molar-refractivity contribution in [2.45, 2.75) is 34.6 Å². The fourth-order valence-corrected chi connectivity index (χ4v) is 3.05. The average molecular weight is 312 g/mol. The lowest BCUT2D eigenvalue weighted by atomic mass is 10.1. The third-order valence-electron chi connectivity index (χ3n) is 3.38. The molecule has 0 aliphatic carbocycles. The Morgan fingerprint density at radius 3 is 2.33 bits per heavy atom. The van der Waals surface area contributed by atoms with Gasteiger partial charge in [0.1, 0.15) is 5.00 Å². The average Bonchev–Trinajstić information content (AvgIpc) is 2.71. The zero-order valence-corrected chi connectivity index (χ0v) is 14.2. The summed E-state index contributed by atoms with van der Waals surface area (Å²) in [5.41, 5.74) is 1.35. The Morgan fingerprint density at radius 2 is 1.81 bits per heavy atom. The van der Waals surface area contributed by atoms with Crippen LogP contribution >= 0.6 is 11.3 Å². The van der Waals surface area contributed by atoms with E-state index >= 15 is 0 Å². The van der Waals surface area contributed by atoms with Gasteiger partial charge in [0, 0.05) is 4.88 Å². The summed E-state index contributed by atoms with van der Waals surface area (Å²) in [4.78, 5) is 27.2. The number of nitrogens with one attached hydrogen (secondary N) is 1. The van der Waals surface area contributed by atoms with Crippen LogP contribution in [0.2, 0.25) is 0 Å². The molecule has 118 valence electrons. The summed E-state index contributed by atoms with van der Waals surface area (Å²) >= 11 is 1.41. The number of aryl methyl sites for hydroxylation is 1. The van der Waals surface area contributed by atoms with Gasteiger partial charge in [0.25, 0.3) is 0 Å². The minimum Gasteiger partial charge on any atom is -0.462 e. The first-order chi connectivity index (χ1) is 9.94. The molecule has 0 unspecified atom stereocenters. The molecule has 1 amide bonds. The number of rotatable bonds is 7. The Bertz CT molecular complexity index is 507. The Hall–Kier alpha value is -1.40. The molecule has 0 radical (unpaired) electrons. The van der Waals surface area contributed by atoms with Crippen molar-refractivity contribution in [2.75, 3.05) is 31.6 Å². The zero-order valence-electron chi connectivity index (χ0n) is 13.4. The van der Waals surface area contributed by atoms with Crippen molar-refractivity contribution < 1.29 is 14.3 Å². The number of anilines is 1. The predicted octanol–water partition coefficient (Wildman–Crippen LogP) is 2.82. The quantitative estimate of drug-likeness (QED) is 0.787. The van der Waals surface area contributed by atoms with Crippen molar-refractivity contribution in [3.05, 3.63) is 16.0 Å². The SMILES string of the molecule is CCOC(=O)c1c(NC(=O)CN(CC)CC)sc(C)c1C. The second kappa shape index (κ2) is 8.14. The molecule has 0 bridgehead atoms. The molecule has 0 atom stereocenters. The van der Waals surface area contributed by atoms with Crippen LogP contribution in [0.4, 0.5) is 5.00 Å². The molecule has 6 heteroatoms. The van der Waals surface area contributed by atoms with E-state index in [0.29, 0.717) is 23.7 Å². The molecule has 1 N–H and O–H groups in total. The molecule has 0 saturated carbocycles. The number of amides is 1. The highest BCUT2D eigenvalue weighted by Gasteiger charge is 2.22. The minimum absolute atomic E-state index is 0.106. The summed E-state index contributed by atoms with van der Waals surface area (Å²) in [6.07, 6.45) is 0. The fraction of sp³-hybridized carbons (Fsp3) is 0.600. The van der Waals surface area contributed by atoms with E-state index in [1.54, 1.807) is 6.92 Å². The molecular weight excluding hydrogens is 288 g/mol. The van der Waals surface area contributed by atoms with E-state index in [1.807, 2.05) is 32.6 Å². The van der Waals surface area contributed by atoms with Crippen LogP contribution in [0.15, 0.2) is 0 Å². The van der Waals surface area contributed by atoms with E-state index in [-0.39, 0.29) is 11.9 Å². The number of carbonyl (C=O) groups is 2. The maximum absolute atomic E-state index is 12.1. The number of nitrogens with zero attached hydrogens (tertiary/aromatic N) is 1. The van der Waals surface area contributed by atoms with Crippen LogP contribution in [0.1, 0.15) is 41.6 Å². The Morgan fingerprint density at radius 1 is 1.19 bits per heavy atom. The van der Waals surface area contributed by atoms with Gasteiger partial charge in [0.05, 0.1) is 18.7 Å². The second-order valence-electron chi connectivity index (χ2n) is 4.72. The molecule has 0 fully saturated rings. The van der Waals surface area contributed by atoms with Crippen LogP contribution in [0.5, 0.6) is 0 Å². The molecular formula is C15H24N2O3S. The second-order valence-corrected chi connectivity index (χ2v) is 5.94. The highest BCUT2D eigenvalue weighted by atomic mass is 32.1. The third-order valence-corrected chi connectivity index (χ3v) is 4.50.